The van der Waals surface area contributed by atoms with Gasteiger partial charge in [-0.15, -0.1) is 0 Å². The van der Waals surface area contributed by atoms with Gasteiger partial charge in [-0.3, -0.25) is 0 Å². The molecule has 1 aromatic heterocycles. The maximum atomic E-state index is 14.0. The largest absolute Gasteiger partial charge is 0.367 e. The van der Waals surface area contributed by atoms with Gasteiger partial charge < -0.3 is 10.3 Å². The van der Waals surface area contributed by atoms with E-state index in [1.165, 1.54) is 18.9 Å². The lowest BCUT2D eigenvalue weighted by Gasteiger charge is -2.10. The number of nitrogen functional groups attached to an aromatic ring is 1. The third-order valence-electron chi connectivity index (χ3n) is 3.72. The molecule has 19 heavy (non-hydrogen) atoms. The van der Waals surface area contributed by atoms with Gasteiger partial charge in [-0.25, -0.2) is 4.39 Å². The van der Waals surface area contributed by atoms with E-state index < -0.39 is 5.82 Å². The lowest BCUT2D eigenvalue weighted by Crippen LogP contribution is -2.00. The van der Waals surface area contributed by atoms with E-state index in [0.29, 0.717) is 22.2 Å². The van der Waals surface area contributed by atoms with E-state index in [1.54, 1.807) is 12.1 Å². The highest BCUT2D eigenvalue weighted by Gasteiger charge is 2.34. The molecule has 1 unspecified atom stereocenters. The standard InChI is InChI=1S/C14H14ClFN2O/c1-7(8-5-6-8)13-12(14(17)19-18-13)11-9(15)3-2-4-10(11)16/h2-4,7-8H,5-6,17H2,1H3. The Balaban J connectivity index is 2.16. The Hall–Kier alpha value is -1.55. The van der Waals surface area contributed by atoms with Crippen LogP contribution >= 0.6 is 11.6 Å². The first-order chi connectivity index (χ1) is 9.09. The number of hydrogen-bond acceptors (Lipinski definition) is 3. The molecule has 1 fully saturated rings. The average Bonchev–Trinajstić information content (AvgIpc) is 3.14. The van der Waals surface area contributed by atoms with Gasteiger partial charge in [0.25, 0.3) is 0 Å². The second kappa shape index (κ2) is 4.53. The summed E-state index contributed by atoms with van der Waals surface area (Å²) in [7, 11) is 0. The Morgan fingerprint density at radius 2 is 2.16 bits per heavy atom. The number of halogens is 2. The minimum absolute atomic E-state index is 0.120. The first kappa shape index (κ1) is 12.5. The van der Waals surface area contributed by atoms with Crippen molar-refractivity contribution < 1.29 is 8.91 Å². The van der Waals surface area contributed by atoms with Crippen LogP contribution in [0.5, 0.6) is 0 Å². The summed E-state index contributed by atoms with van der Waals surface area (Å²) in [5.41, 5.74) is 7.30. The monoisotopic (exact) mass is 280 g/mol. The minimum atomic E-state index is -0.411. The third-order valence-corrected chi connectivity index (χ3v) is 4.03. The van der Waals surface area contributed by atoms with Gasteiger partial charge in [0.1, 0.15) is 5.82 Å². The maximum Gasteiger partial charge on any atom is 0.230 e. The van der Waals surface area contributed by atoms with Crippen molar-refractivity contribution in [1.29, 1.82) is 0 Å². The molecule has 0 radical (unpaired) electrons. The van der Waals surface area contributed by atoms with Crippen LogP contribution in [0.2, 0.25) is 5.02 Å². The summed E-state index contributed by atoms with van der Waals surface area (Å²) in [6.45, 7) is 2.06. The number of anilines is 1. The summed E-state index contributed by atoms with van der Waals surface area (Å²) in [4.78, 5) is 0. The van der Waals surface area contributed by atoms with Gasteiger partial charge in [-0.05, 0) is 30.9 Å². The normalized spacial score (nSPS) is 16.6. The molecule has 1 saturated carbocycles. The van der Waals surface area contributed by atoms with Gasteiger partial charge in [0.05, 0.1) is 16.3 Å². The molecule has 2 N–H and O–H groups in total. The fourth-order valence-electron chi connectivity index (χ4n) is 2.43. The third kappa shape index (κ3) is 2.10. The SMILES string of the molecule is CC(c1noc(N)c1-c1c(F)cccc1Cl)C1CC1. The predicted molar refractivity (Wildman–Crippen MR) is 72.5 cm³/mol. The van der Waals surface area contributed by atoms with E-state index >= 15 is 0 Å². The fourth-order valence-corrected chi connectivity index (χ4v) is 2.69. The van der Waals surface area contributed by atoms with Crippen LogP contribution in [0, 0.1) is 11.7 Å². The Morgan fingerprint density at radius 1 is 1.42 bits per heavy atom. The number of benzene rings is 1. The highest BCUT2D eigenvalue weighted by molar-refractivity contribution is 6.33. The van der Waals surface area contributed by atoms with E-state index in [0.717, 1.165) is 0 Å². The molecule has 1 heterocycles. The zero-order chi connectivity index (χ0) is 13.6. The lowest BCUT2D eigenvalue weighted by molar-refractivity contribution is 0.417. The van der Waals surface area contributed by atoms with Gasteiger partial charge >= 0.3 is 0 Å². The number of rotatable bonds is 3. The van der Waals surface area contributed by atoms with Gasteiger partial charge in [0, 0.05) is 11.5 Å². The van der Waals surface area contributed by atoms with Crippen LogP contribution in [0.3, 0.4) is 0 Å². The summed E-state index contributed by atoms with van der Waals surface area (Å²) in [6.07, 6.45) is 2.33. The van der Waals surface area contributed by atoms with Crippen molar-refractivity contribution in [3.63, 3.8) is 0 Å². The van der Waals surface area contributed by atoms with Crippen LogP contribution in [0.4, 0.5) is 10.3 Å². The summed E-state index contributed by atoms with van der Waals surface area (Å²) in [6, 6.07) is 4.56. The molecule has 0 spiro atoms. The zero-order valence-corrected chi connectivity index (χ0v) is 11.2. The van der Waals surface area contributed by atoms with Crippen molar-refractivity contribution in [2.45, 2.75) is 25.7 Å². The number of hydrogen-bond donors (Lipinski definition) is 1. The van der Waals surface area contributed by atoms with Crippen LogP contribution < -0.4 is 5.73 Å². The second-order valence-corrected chi connectivity index (χ2v) is 5.44. The molecular weight excluding hydrogens is 267 g/mol. The lowest BCUT2D eigenvalue weighted by atomic mass is 9.94. The maximum absolute atomic E-state index is 14.0. The van der Waals surface area contributed by atoms with Gasteiger partial charge in [0.2, 0.25) is 5.88 Å². The summed E-state index contributed by atoms with van der Waals surface area (Å²) in [5, 5.41) is 4.33. The number of nitrogens with zero attached hydrogens (tertiary/aromatic N) is 1. The molecule has 3 nitrogen and oxygen atoms in total. The zero-order valence-electron chi connectivity index (χ0n) is 10.5. The van der Waals surface area contributed by atoms with Crippen molar-refractivity contribution in [3.05, 3.63) is 34.7 Å². The average molecular weight is 281 g/mol. The molecule has 3 rings (SSSR count). The van der Waals surface area contributed by atoms with Crippen LogP contribution in [-0.4, -0.2) is 5.16 Å². The quantitative estimate of drug-likeness (QED) is 0.915. The summed E-state index contributed by atoms with van der Waals surface area (Å²) in [5.74, 6) is 0.488. The van der Waals surface area contributed by atoms with E-state index in [9.17, 15) is 4.39 Å². The molecule has 1 aliphatic rings. The fraction of sp³-hybridized carbons (Fsp3) is 0.357. The number of aromatic nitrogens is 1. The Morgan fingerprint density at radius 3 is 2.79 bits per heavy atom. The van der Waals surface area contributed by atoms with Crippen molar-refractivity contribution in [1.82, 2.24) is 5.16 Å². The highest BCUT2D eigenvalue weighted by atomic mass is 35.5. The summed E-state index contributed by atoms with van der Waals surface area (Å²) >= 11 is 6.10. The smallest absolute Gasteiger partial charge is 0.230 e. The molecule has 0 aliphatic heterocycles. The van der Waals surface area contributed by atoms with Crippen LogP contribution in [0.1, 0.15) is 31.4 Å². The van der Waals surface area contributed by atoms with Crippen molar-refractivity contribution in [2.24, 2.45) is 5.92 Å². The number of nitrogens with two attached hydrogens (primary N) is 1. The molecule has 0 saturated heterocycles. The Bertz CT molecular complexity index is 602. The highest BCUT2D eigenvalue weighted by Crippen LogP contribution is 2.47. The predicted octanol–water partition coefficient (Wildman–Crippen LogP) is 4.23. The van der Waals surface area contributed by atoms with Gasteiger partial charge in [-0.2, -0.15) is 0 Å². The molecule has 0 bridgehead atoms. The molecule has 2 aromatic rings. The molecular formula is C14H14ClFN2O. The minimum Gasteiger partial charge on any atom is -0.367 e. The first-order valence-corrected chi connectivity index (χ1v) is 6.66. The second-order valence-electron chi connectivity index (χ2n) is 5.03. The van der Waals surface area contributed by atoms with E-state index in [4.69, 9.17) is 21.9 Å². The van der Waals surface area contributed by atoms with Gasteiger partial charge in [-0.1, -0.05) is 29.7 Å². The van der Waals surface area contributed by atoms with Crippen LogP contribution in [0.15, 0.2) is 22.7 Å². The molecule has 100 valence electrons. The van der Waals surface area contributed by atoms with Crippen molar-refractivity contribution >= 4 is 17.5 Å². The molecule has 1 aromatic carbocycles. The van der Waals surface area contributed by atoms with Crippen molar-refractivity contribution in [3.8, 4) is 11.1 Å². The van der Waals surface area contributed by atoms with Crippen LogP contribution in [-0.2, 0) is 0 Å². The molecule has 5 heteroatoms. The van der Waals surface area contributed by atoms with E-state index in [1.807, 2.05) is 0 Å². The van der Waals surface area contributed by atoms with E-state index in [-0.39, 0.29) is 17.4 Å². The topological polar surface area (TPSA) is 52.0 Å². The first-order valence-electron chi connectivity index (χ1n) is 6.29. The Labute approximate surface area is 115 Å². The van der Waals surface area contributed by atoms with Crippen LogP contribution in [0.25, 0.3) is 11.1 Å². The van der Waals surface area contributed by atoms with Crippen molar-refractivity contribution in [2.75, 3.05) is 5.73 Å². The van der Waals surface area contributed by atoms with E-state index in [2.05, 4.69) is 12.1 Å². The van der Waals surface area contributed by atoms with Gasteiger partial charge in [0.15, 0.2) is 0 Å². The summed E-state index contributed by atoms with van der Waals surface area (Å²) < 4.78 is 19.1. The molecule has 0 amide bonds. The molecule has 1 aliphatic carbocycles. The Kier molecular flexibility index (Phi) is 2.97. The molecule has 1 atom stereocenters.